The van der Waals surface area contributed by atoms with Crippen molar-refractivity contribution in [3.8, 4) is 17.1 Å². The van der Waals surface area contributed by atoms with Gasteiger partial charge in [-0.25, -0.2) is 9.67 Å². The molecule has 1 aromatic carbocycles. The van der Waals surface area contributed by atoms with Crippen LogP contribution in [0.15, 0.2) is 35.3 Å². The van der Waals surface area contributed by atoms with Gasteiger partial charge in [-0.15, -0.1) is 15.3 Å². The van der Waals surface area contributed by atoms with Gasteiger partial charge in [0.05, 0.1) is 12.7 Å². The molecule has 7 nitrogen and oxygen atoms in total. The summed E-state index contributed by atoms with van der Waals surface area (Å²) < 4.78 is 50.0. The summed E-state index contributed by atoms with van der Waals surface area (Å²) in [5, 5.41) is 11.2. The van der Waals surface area contributed by atoms with Crippen LogP contribution in [0.4, 0.5) is 13.2 Å². The topological polar surface area (TPSA) is 78.9 Å². The number of halogens is 3. The van der Waals surface area contributed by atoms with Gasteiger partial charge in [-0.3, -0.25) is 0 Å². The van der Waals surface area contributed by atoms with E-state index in [9.17, 15) is 13.2 Å². The van der Waals surface area contributed by atoms with Gasteiger partial charge in [-0.05, 0) is 18.2 Å². The Kier molecular flexibility index (Phi) is 4.02. The van der Waals surface area contributed by atoms with E-state index in [-0.39, 0.29) is 23.0 Å². The van der Waals surface area contributed by atoms with Crippen molar-refractivity contribution in [3.63, 3.8) is 0 Å². The highest BCUT2D eigenvalue weighted by Gasteiger charge is 2.31. The van der Waals surface area contributed by atoms with E-state index < -0.39 is 11.7 Å². The van der Waals surface area contributed by atoms with Crippen molar-refractivity contribution in [2.24, 2.45) is 0 Å². The standard InChI is InChI=1S/C14H10F3N5O2/c1-23-11-5-9(4-10(6-11)14(15,16)17)13-18-7-22(21-13)3-2-12-20-19-8-24-12/h2-8H,1H3. The third kappa shape index (κ3) is 3.42. The molecule has 0 bridgehead atoms. The zero-order valence-electron chi connectivity index (χ0n) is 12.2. The quantitative estimate of drug-likeness (QED) is 0.728. The summed E-state index contributed by atoms with van der Waals surface area (Å²) in [6, 6.07) is 3.30. The molecular weight excluding hydrogens is 327 g/mol. The summed E-state index contributed by atoms with van der Waals surface area (Å²) in [6.07, 6.45) is 0.979. The van der Waals surface area contributed by atoms with Crippen molar-refractivity contribution < 1.29 is 22.3 Å². The van der Waals surface area contributed by atoms with E-state index in [2.05, 4.69) is 20.3 Å². The molecule has 0 spiro atoms. The molecule has 0 fully saturated rings. The normalized spacial score (nSPS) is 12.0. The molecule has 0 saturated heterocycles. The van der Waals surface area contributed by atoms with Gasteiger partial charge < -0.3 is 9.15 Å². The molecule has 3 rings (SSSR count). The number of aromatic nitrogens is 5. The van der Waals surface area contributed by atoms with Gasteiger partial charge in [0, 0.05) is 17.8 Å². The number of alkyl halides is 3. The Morgan fingerprint density at radius 1 is 1.25 bits per heavy atom. The van der Waals surface area contributed by atoms with Gasteiger partial charge in [0.15, 0.2) is 5.82 Å². The highest BCUT2D eigenvalue weighted by Crippen LogP contribution is 2.34. The Labute approximate surface area is 133 Å². The summed E-state index contributed by atoms with van der Waals surface area (Å²) in [7, 11) is 1.29. The molecule has 0 aliphatic carbocycles. The summed E-state index contributed by atoms with van der Waals surface area (Å²) >= 11 is 0. The second kappa shape index (κ2) is 6.14. The summed E-state index contributed by atoms with van der Waals surface area (Å²) in [4.78, 5) is 4.00. The second-order valence-corrected chi connectivity index (χ2v) is 4.59. The highest BCUT2D eigenvalue weighted by atomic mass is 19.4. The summed E-state index contributed by atoms with van der Waals surface area (Å²) in [6.45, 7) is 0. The average molecular weight is 337 g/mol. The Bertz CT molecular complexity index is 856. The molecule has 0 radical (unpaired) electrons. The first kappa shape index (κ1) is 15.7. The molecule has 0 N–H and O–H groups in total. The van der Waals surface area contributed by atoms with Crippen molar-refractivity contribution in [2.75, 3.05) is 7.11 Å². The zero-order chi connectivity index (χ0) is 17.2. The smallest absolute Gasteiger partial charge is 0.416 e. The Hall–Kier alpha value is -3.17. The Morgan fingerprint density at radius 2 is 2.08 bits per heavy atom. The largest absolute Gasteiger partial charge is 0.497 e. The fourth-order valence-corrected chi connectivity index (χ4v) is 1.88. The third-order valence-electron chi connectivity index (χ3n) is 2.98. The molecule has 0 amide bonds. The number of ether oxygens (including phenoxy) is 1. The van der Waals surface area contributed by atoms with Crippen LogP contribution in [0.2, 0.25) is 0 Å². The van der Waals surface area contributed by atoms with Crippen molar-refractivity contribution in [2.45, 2.75) is 6.18 Å². The summed E-state index contributed by atoms with van der Waals surface area (Å²) in [5.41, 5.74) is -0.652. The Morgan fingerprint density at radius 3 is 2.75 bits per heavy atom. The number of nitrogens with zero attached hydrogens (tertiary/aromatic N) is 5. The van der Waals surface area contributed by atoms with Crippen LogP contribution in [-0.2, 0) is 6.18 Å². The minimum atomic E-state index is -4.50. The van der Waals surface area contributed by atoms with Crippen LogP contribution >= 0.6 is 0 Å². The fraction of sp³-hybridized carbons (Fsp3) is 0.143. The van der Waals surface area contributed by atoms with Crippen molar-refractivity contribution in [1.29, 1.82) is 0 Å². The van der Waals surface area contributed by atoms with Gasteiger partial charge in [-0.1, -0.05) is 0 Å². The number of benzene rings is 1. The molecule has 0 unspecified atom stereocenters. The molecule has 2 heterocycles. The predicted molar refractivity (Wildman–Crippen MR) is 76.5 cm³/mol. The van der Waals surface area contributed by atoms with E-state index in [1.165, 1.54) is 42.9 Å². The van der Waals surface area contributed by atoms with Gasteiger partial charge in [-0.2, -0.15) is 13.2 Å². The molecule has 3 aromatic rings. The monoisotopic (exact) mass is 337 g/mol. The maximum atomic E-state index is 12.9. The fourth-order valence-electron chi connectivity index (χ4n) is 1.88. The van der Waals surface area contributed by atoms with Gasteiger partial charge in [0.25, 0.3) is 0 Å². The van der Waals surface area contributed by atoms with E-state index in [1.807, 2.05) is 0 Å². The first-order valence-corrected chi connectivity index (χ1v) is 6.58. The summed E-state index contributed by atoms with van der Waals surface area (Å²) in [5.74, 6) is 0.444. The maximum Gasteiger partial charge on any atom is 0.416 e. The predicted octanol–water partition coefficient (Wildman–Crippen LogP) is 2.98. The molecule has 0 aliphatic heterocycles. The minimum Gasteiger partial charge on any atom is -0.497 e. The van der Waals surface area contributed by atoms with E-state index in [0.29, 0.717) is 0 Å². The average Bonchev–Trinajstić information content (AvgIpc) is 3.23. The second-order valence-electron chi connectivity index (χ2n) is 4.59. The van der Waals surface area contributed by atoms with Crippen LogP contribution in [0.1, 0.15) is 11.5 Å². The van der Waals surface area contributed by atoms with E-state index in [4.69, 9.17) is 9.15 Å². The van der Waals surface area contributed by atoms with Crippen LogP contribution in [-0.4, -0.2) is 32.1 Å². The molecule has 0 aliphatic rings. The number of hydrogen-bond donors (Lipinski definition) is 0. The molecule has 124 valence electrons. The molecular formula is C14H10F3N5O2. The number of rotatable bonds is 4. The van der Waals surface area contributed by atoms with E-state index in [1.54, 1.807) is 0 Å². The van der Waals surface area contributed by atoms with Gasteiger partial charge >= 0.3 is 6.18 Å². The minimum absolute atomic E-state index is 0.0672. The SMILES string of the molecule is COc1cc(-c2ncn(C=Cc3nnco3)n2)cc(C(F)(F)F)c1. The molecule has 10 heteroatoms. The lowest BCUT2D eigenvalue weighted by atomic mass is 10.1. The van der Waals surface area contributed by atoms with Gasteiger partial charge in [0.2, 0.25) is 12.3 Å². The zero-order valence-corrected chi connectivity index (χ0v) is 12.2. The molecule has 24 heavy (non-hydrogen) atoms. The van der Waals surface area contributed by atoms with E-state index >= 15 is 0 Å². The van der Waals surface area contributed by atoms with Crippen LogP contribution in [0.3, 0.4) is 0 Å². The molecule has 2 aromatic heterocycles. The van der Waals surface area contributed by atoms with Crippen LogP contribution in [0.5, 0.6) is 5.75 Å². The first-order chi connectivity index (χ1) is 11.5. The highest BCUT2D eigenvalue weighted by molar-refractivity contribution is 5.60. The molecule has 0 saturated carbocycles. The Balaban J connectivity index is 1.92. The van der Waals surface area contributed by atoms with Gasteiger partial charge in [0.1, 0.15) is 12.1 Å². The number of methoxy groups -OCH3 is 1. The van der Waals surface area contributed by atoms with Crippen molar-refractivity contribution in [3.05, 3.63) is 42.4 Å². The lowest BCUT2D eigenvalue weighted by molar-refractivity contribution is -0.137. The first-order valence-electron chi connectivity index (χ1n) is 6.58. The van der Waals surface area contributed by atoms with Crippen LogP contribution < -0.4 is 4.74 Å². The molecule has 0 atom stereocenters. The maximum absolute atomic E-state index is 12.9. The lowest BCUT2D eigenvalue weighted by Gasteiger charge is -2.10. The third-order valence-corrected chi connectivity index (χ3v) is 2.98. The van der Waals surface area contributed by atoms with Crippen molar-refractivity contribution in [1.82, 2.24) is 25.0 Å². The van der Waals surface area contributed by atoms with Crippen LogP contribution in [0.25, 0.3) is 23.7 Å². The number of hydrogen-bond acceptors (Lipinski definition) is 6. The van der Waals surface area contributed by atoms with E-state index in [0.717, 1.165) is 12.1 Å². The van der Waals surface area contributed by atoms with Crippen molar-refractivity contribution >= 4 is 12.3 Å². The lowest BCUT2D eigenvalue weighted by Crippen LogP contribution is -2.05. The van der Waals surface area contributed by atoms with Crippen LogP contribution in [0, 0.1) is 0 Å².